The molecule has 0 aliphatic rings. The van der Waals surface area contributed by atoms with Gasteiger partial charge in [0.15, 0.2) is 0 Å². The van der Waals surface area contributed by atoms with Crippen molar-refractivity contribution in [2.75, 3.05) is 0 Å². The van der Waals surface area contributed by atoms with Crippen LogP contribution in [0.5, 0.6) is 0 Å². The average Bonchev–Trinajstić information content (AvgIpc) is 3.74. The van der Waals surface area contributed by atoms with Gasteiger partial charge in [0.2, 0.25) is 0 Å². The summed E-state index contributed by atoms with van der Waals surface area (Å²) in [5, 5.41) is 13.3. The van der Waals surface area contributed by atoms with E-state index in [9.17, 15) is 0 Å². The van der Waals surface area contributed by atoms with Crippen LogP contribution in [0, 0.1) is 150 Å². The number of imidazole rings is 1. The van der Waals surface area contributed by atoms with Crippen LogP contribution in [-0.4, -0.2) is 25.1 Å². The molecule has 0 saturated heterocycles. The monoisotopic (exact) mass is 710 g/mol. The molecule has 2 N–H and O–H groups in total. The van der Waals surface area contributed by atoms with E-state index in [-0.39, 0.29) is 8.56 Å². The number of nitrogens with one attached hydrogen (secondary N) is 2. The van der Waals surface area contributed by atoms with Crippen LogP contribution in [0.3, 0.4) is 0 Å². The number of H-pyrrole nitrogens is 1. The summed E-state index contributed by atoms with van der Waals surface area (Å²) in [5.74, 6) is 48.6. The number of hydrogen-bond acceptors (Lipinski definition) is 7. The van der Waals surface area contributed by atoms with Gasteiger partial charge in [-0.25, -0.2) is 4.98 Å². The number of nitroso groups, excluding NO2 is 1. The molecule has 0 aliphatic heterocycles. The van der Waals surface area contributed by atoms with Crippen molar-refractivity contribution in [3.8, 4) is 141 Å². The highest BCUT2D eigenvalue weighted by Crippen LogP contribution is 2.36. The van der Waals surface area contributed by atoms with Gasteiger partial charge in [-0.2, -0.15) is 5.53 Å². The topological polar surface area (TPSA) is 171 Å². The molecule has 12 nitrogen and oxygen atoms in total. The molecule has 5 aromatic rings. The maximum Gasteiger partial charge on any atom is 0.141 e. The van der Waals surface area contributed by atoms with Crippen molar-refractivity contribution in [2.45, 2.75) is 27.7 Å². The number of nitrogens with zero attached hydrogens (tertiary/aromatic N) is 8. The first-order chi connectivity index (χ1) is 26.4. The number of benzene rings is 2. The van der Waals surface area contributed by atoms with Gasteiger partial charge in [0, 0.05) is 49.1 Å². The van der Waals surface area contributed by atoms with E-state index < -0.39 is 0 Å². The number of hydrogen-bond donors (Lipinski definition) is 2. The zero-order valence-electron chi connectivity index (χ0n) is 29.0. The van der Waals surface area contributed by atoms with Crippen molar-refractivity contribution < 1.29 is 13.1 Å². The lowest BCUT2D eigenvalue weighted by molar-refractivity contribution is 0.393. The lowest BCUT2D eigenvalue weighted by atomic mass is 9.96. The first kappa shape index (κ1) is 39.3. The van der Waals surface area contributed by atoms with E-state index >= 15 is 0 Å². The largest absolute Gasteiger partial charge is 0.361 e. The minimum Gasteiger partial charge on any atom is -0.361 e. The van der Waals surface area contributed by atoms with Crippen molar-refractivity contribution in [1.29, 1.82) is 5.53 Å². The lowest BCUT2D eigenvalue weighted by Crippen LogP contribution is -1.88. The van der Waals surface area contributed by atoms with E-state index in [0.29, 0.717) is 0 Å². The van der Waals surface area contributed by atoms with Gasteiger partial charge in [-0.1, -0.05) is 17.1 Å². The van der Waals surface area contributed by atoms with Crippen LogP contribution < -0.4 is 0 Å². The Balaban J connectivity index is -0.000000433. The van der Waals surface area contributed by atoms with Crippen LogP contribution in [0.25, 0.3) is 44.3 Å². The van der Waals surface area contributed by atoms with Crippen LogP contribution in [-0.2, 0) is 0 Å². The van der Waals surface area contributed by atoms with Gasteiger partial charge in [0.05, 0.1) is 27.8 Å². The molecule has 12 heteroatoms. The molecule has 0 bridgehead atoms. The molecule has 0 fully saturated rings. The molecule has 0 atom stereocenters. The Labute approximate surface area is 320 Å². The SMILES string of the molecule is C#CC#CC#CC#CC#CC#CC#CC#CC#CC#CC.Cc1nc2c(-c3ccc4nccnc4c3)cc(-c3c(C)noc3C)cc2[nH]1.N=N/N=N/N=O.[HH].[HH].[HH].[HH].[HH].[HH]. The van der Waals surface area contributed by atoms with Gasteiger partial charge in [-0.05, 0) is 168 Å². The van der Waals surface area contributed by atoms with Crippen LogP contribution in [0.1, 0.15) is 32.8 Å². The third-order valence-electron chi connectivity index (χ3n) is 6.13. The number of fused-ring (bicyclic) bond motifs is 2. The van der Waals surface area contributed by atoms with Crippen molar-refractivity contribution in [2.24, 2.45) is 21.0 Å². The molecule has 264 valence electrons. The number of aromatic nitrogens is 5. The average molecular weight is 711 g/mol. The van der Waals surface area contributed by atoms with E-state index in [2.05, 4.69) is 173 Å². The third kappa shape index (κ3) is 12.7. The van der Waals surface area contributed by atoms with Crippen LogP contribution in [0.15, 0.2) is 68.2 Å². The van der Waals surface area contributed by atoms with Gasteiger partial charge < -0.3 is 9.51 Å². The molecule has 0 radical (unpaired) electrons. The Morgan fingerprint density at radius 1 is 0.741 bits per heavy atom. The summed E-state index contributed by atoms with van der Waals surface area (Å²) < 4.78 is 5.38. The Bertz CT molecular complexity index is 2890. The predicted octanol–water partition coefficient (Wildman–Crippen LogP) is 7.97. The summed E-state index contributed by atoms with van der Waals surface area (Å²) in [6.07, 6.45) is 8.31. The predicted molar refractivity (Wildman–Crippen MR) is 217 cm³/mol. The molecular weight excluding hydrogens is 677 g/mol. The first-order valence-corrected chi connectivity index (χ1v) is 15.0. The molecule has 5 rings (SSSR count). The molecule has 0 unspecified atom stereocenters. The Morgan fingerprint density at radius 2 is 1.31 bits per heavy atom. The van der Waals surface area contributed by atoms with Gasteiger partial charge >= 0.3 is 0 Å². The molecule has 54 heavy (non-hydrogen) atoms. The molecule has 3 heterocycles. The minimum absolute atomic E-state index is 0. The summed E-state index contributed by atoms with van der Waals surface area (Å²) in [7, 11) is 0. The molecule has 3 aromatic heterocycles. The van der Waals surface area contributed by atoms with Gasteiger partial charge in [-0.15, -0.1) is 11.3 Å². The molecule has 0 amide bonds. The molecule has 2 aromatic carbocycles. The summed E-state index contributed by atoms with van der Waals surface area (Å²) in [6, 6.07) is 10.4. The highest BCUT2D eigenvalue weighted by atomic mass is 16.5. The highest BCUT2D eigenvalue weighted by Gasteiger charge is 2.17. The fourth-order valence-electron chi connectivity index (χ4n) is 4.23. The maximum absolute atomic E-state index is 8.91. The van der Waals surface area contributed by atoms with E-state index in [1.54, 1.807) is 19.3 Å². The second kappa shape index (κ2) is 22.5. The van der Waals surface area contributed by atoms with Gasteiger partial charge in [0.25, 0.3) is 0 Å². The van der Waals surface area contributed by atoms with E-state index in [1.165, 1.54) is 0 Å². The number of aryl methyl sites for hydroxylation is 3. The van der Waals surface area contributed by atoms with Crippen molar-refractivity contribution in [3.63, 3.8) is 0 Å². The van der Waals surface area contributed by atoms with E-state index in [1.807, 2.05) is 32.1 Å². The van der Waals surface area contributed by atoms with Crippen molar-refractivity contribution >= 4 is 22.1 Å². The van der Waals surface area contributed by atoms with Gasteiger partial charge in [0.1, 0.15) is 16.9 Å². The van der Waals surface area contributed by atoms with E-state index in [4.69, 9.17) is 26.4 Å². The van der Waals surface area contributed by atoms with E-state index in [0.717, 1.165) is 61.6 Å². The third-order valence-corrected chi connectivity index (χ3v) is 6.13. The highest BCUT2D eigenvalue weighted by molar-refractivity contribution is 5.98. The first-order valence-electron chi connectivity index (χ1n) is 15.0. The molecular formula is C42H34N10O2. The summed E-state index contributed by atoms with van der Waals surface area (Å²) >= 11 is 0. The van der Waals surface area contributed by atoms with Crippen molar-refractivity contribution in [1.82, 2.24) is 25.1 Å². The maximum atomic E-state index is 8.91. The normalized spacial score (nSPS) is 8.20. The summed E-state index contributed by atoms with van der Waals surface area (Å²) in [5.41, 5.74) is 14.6. The minimum atomic E-state index is 0. The second-order valence-corrected chi connectivity index (χ2v) is 9.58. The fourth-order valence-corrected chi connectivity index (χ4v) is 4.23. The Hall–Kier alpha value is -9.14. The van der Waals surface area contributed by atoms with Crippen molar-refractivity contribution in [3.05, 3.63) is 64.9 Å². The summed E-state index contributed by atoms with van der Waals surface area (Å²) in [4.78, 5) is 25.8. The Morgan fingerprint density at radius 3 is 1.81 bits per heavy atom. The quantitative estimate of drug-likeness (QED) is 0.0829. The van der Waals surface area contributed by atoms with Crippen LogP contribution in [0.4, 0.5) is 0 Å². The molecule has 0 saturated carbocycles. The molecule has 0 spiro atoms. The zero-order valence-corrected chi connectivity index (χ0v) is 29.0. The number of aromatic amines is 1. The van der Waals surface area contributed by atoms with Gasteiger partial charge in [-0.3, -0.25) is 9.97 Å². The smallest absolute Gasteiger partial charge is 0.141 e. The zero-order chi connectivity index (χ0) is 38.8. The molecule has 0 aliphatic carbocycles. The fraction of sp³-hybridized carbons (Fsp3) is 0.0952. The van der Waals surface area contributed by atoms with Crippen LogP contribution >= 0.6 is 0 Å². The summed E-state index contributed by atoms with van der Waals surface area (Å²) in [6.45, 7) is 7.55. The second-order valence-electron chi connectivity index (χ2n) is 9.58. The number of rotatable bonds is 4. The standard InChI is InChI=1S/C21H17N5O.C21H4.HN5O.6H2/c1-11-20(12(2)27-26-11)15-8-16(21-19(10-15)24-13(3)25-21)14-4-5-17-18(9-14)23-7-6-22-17;1-3-5-7-9-11-13-15-17-19-21-20-18-16-14-12-10-8-6-4-2;1-2-3-4-5-6;;;;;;/h4-10H,1-3H3,(H,24,25);1H,2H3;1H;6*1H/b;;2-1?,4-3+;;;;;;. The lowest BCUT2D eigenvalue weighted by Gasteiger charge is -2.08. The van der Waals surface area contributed by atoms with Crippen LogP contribution in [0.2, 0.25) is 0 Å². The number of terminal acetylenes is 1. The Kier molecular flexibility index (Phi) is 16.4.